The van der Waals surface area contributed by atoms with Crippen LogP contribution in [0.15, 0.2) is 22.5 Å². The van der Waals surface area contributed by atoms with Gasteiger partial charge < -0.3 is 10.2 Å². The van der Waals surface area contributed by atoms with Gasteiger partial charge in [0.1, 0.15) is 0 Å². The number of piperazine rings is 1. The number of thiophene rings is 1. The average Bonchev–Trinajstić information content (AvgIpc) is 3.24. The summed E-state index contributed by atoms with van der Waals surface area (Å²) in [6, 6.07) is 4.37. The van der Waals surface area contributed by atoms with Gasteiger partial charge in [-0.2, -0.15) is 0 Å². The molecule has 3 heterocycles. The minimum Gasteiger partial charge on any atom is -0.357 e. The summed E-state index contributed by atoms with van der Waals surface area (Å²) in [7, 11) is 0. The number of thiazole rings is 1. The lowest BCUT2D eigenvalue weighted by atomic mass is 10.3. The Bertz CT molecular complexity index is 700. The van der Waals surface area contributed by atoms with Gasteiger partial charge in [0.05, 0.1) is 10.7 Å². The molecular weight excluding hydrogens is 362 g/mol. The van der Waals surface area contributed by atoms with Gasteiger partial charge in [0, 0.05) is 62.0 Å². The first-order chi connectivity index (χ1) is 12.7. The van der Waals surface area contributed by atoms with E-state index in [1.807, 2.05) is 11.3 Å². The summed E-state index contributed by atoms with van der Waals surface area (Å²) in [5.74, 6) is 1.06. The molecule has 0 aliphatic carbocycles. The number of aromatic nitrogens is 1. The minimum absolute atomic E-state index is 0.820. The van der Waals surface area contributed by atoms with Crippen molar-refractivity contribution in [3.63, 3.8) is 0 Å². The third-order valence-corrected chi connectivity index (χ3v) is 6.56. The molecule has 3 rings (SSSR count). The Morgan fingerprint density at radius 2 is 2.08 bits per heavy atom. The molecule has 26 heavy (non-hydrogen) atoms. The number of rotatable bonds is 6. The third kappa shape index (κ3) is 5.28. The smallest absolute Gasteiger partial charge is 0.194 e. The molecule has 1 aliphatic rings. The summed E-state index contributed by atoms with van der Waals surface area (Å²) in [5, 5.41) is 6.77. The molecule has 2 aromatic rings. The van der Waals surface area contributed by atoms with E-state index in [2.05, 4.69) is 58.4 Å². The number of hydrogen-bond acceptors (Lipinski definition) is 5. The molecule has 1 saturated heterocycles. The van der Waals surface area contributed by atoms with Crippen LogP contribution in [0.1, 0.15) is 27.4 Å². The van der Waals surface area contributed by atoms with Crippen molar-refractivity contribution in [1.29, 1.82) is 0 Å². The summed E-state index contributed by atoms with van der Waals surface area (Å²) >= 11 is 3.64. The first-order valence-corrected chi connectivity index (χ1v) is 11.1. The highest BCUT2D eigenvalue weighted by atomic mass is 32.1. The Morgan fingerprint density at radius 1 is 1.27 bits per heavy atom. The highest BCUT2D eigenvalue weighted by Crippen LogP contribution is 2.18. The topological polar surface area (TPSA) is 43.8 Å². The molecule has 0 spiro atoms. The number of nitrogens with zero attached hydrogens (tertiary/aromatic N) is 4. The SMILES string of the molecule is CCNC(=NCCc1sc(C)nc1C)N1CCN(Cc2cccs2)CC1. The zero-order valence-corrected chi connectivity index (χ0v) is 17.6. The zero-order valence-electron chi connectivity index (χ0n) is 16.0. The number of aryl methyl sites for hydroxylation is 2. The van der Waals surface area contributed by atoms with Gasteiger partial charge in [-0.25, -0.2) is 4.98 Å². The molecule has 0 bridgehead atoms. The number of aliphatic imine (C=N–C) groups is 1. The van der Waals surface area contributed by atoms with E-state index in [9.17, 15) is 0 Å². The van der Waals surface area contributed by atoms with E-state index in [4.69, 9.17) is 4.99 Å². The minimum atomic E-state index is 0.820. The molecule has 0 atom stereocenters. The Morgan fingerprint density at radius 3 is 2.69 bits per heavy atom. The van der Waals surface area contributed by atoms with Crippen LogP contribution in [0.25, 0.3) is 0 Å². The summed E-state index contributed by atoms with van der Waals surface area (Å²) in [4.78, 5) is 17.1. The van der Waals surface area contributed by atoms with Crippen molar-refractivity contribution in [2.75, 3.05) is 39.3 Å². The van der Waals surface area contributed by atoms with Crippen LogP contribution in [-0.2, 0) is 13.0 Å². The van der Waals surface area contributed by atoms with Crippen LogP contribution in [0.2, 0.25) is 0 Å². The van der Waals surface area contributed by atoms with Crippen molar-refractivity contribution >= 4 is 28.6 Å². The molecular formula is C19H29N5S2. The van der Waals surface area contributed by atoms with Crippen molar-refractivity contribution in [2.24, 2.45) is 4.99 Å². The first kappa shape index (κ1) is 19.3. The molecule has 0 radical (unpaired) electrons. The lowest BCUT2D eigenvalue weighted by Crippen LogP contribution is -2.52. The van der Waals surface area contributed by atoms with E-state index in [0.717, 1.165) is 68.9 Å². The van der Waals surface area contributed by atoms with E-state index in [-0.39, 0.29) is 0 Å². The van der Waals surface area contributed by atoms with Gasteiger partial charge in [-0.1, -0.05) is 6.07 Å². The van der Waals surface area contributed by atoms with Gasteiger partial charge in [0.2, 0.25) is 0 Å². The van der Waals surface area contributed by atoms with Gasteiger partial charge in [-0.05, 0) is 32.2 Å². The van der Waals surface area contributed by atoms with Crippen LogP contribution in [0, 0.1) is 13.8 Å². The molecule has 5 nitrogen and oxygen atoms in total. The molecule has 1 aliphatic heterocycles. The van der Waals surface area contributed by atoms with E-state index >= 15 is 0 Å². The van der Waals surface area contributed by atoms with Crippen molar-refractivity contribution < 1.29 is 0 Å². The van der Waals surface area contributed by atoms with Gasteiger partial charge >= 0.3 is 0 Å². The van der Waals surface area contributed by atoms with Crippen LogP contribution < -0.4 is 5.32 Å². The Labute approximate surface area is 164 Å². The van der Waals surface area contributed by atoms with Crippen LogP contribution in [0.3, 0.4) is 0 Å². The Kier molecular flexibility index (Phi) is 7.05. The number of guanidine groups is 1. The fourth-order valence-corrected chi connectivity index (χ4v) is 4.91. The standard InChI is InChI=1S/C19H29N5S2/c1-4-20-19(21-8-7-18-15(2)22-16(3)26-18)24-11-9-23(10-12-24)14-17-6-5-13-25-17/h5-6,13H,4,7-12,14H2,1-3H3,(H,20,21). The molecule has 0 aromatic carbocycles. The third-order valence-electron chi connectivity index (χ3n) is 4.57. The predicted octanol–water partition coefficient (Wildman–Crippen LogP) is 3.15. The fraction of sp³-hybridized carbons (Fsp3) is 0.579. The summed E-state index contributed by atoms with van der Waals surface area (Å²) in [5.41, 5.74) is 1.16. The Balaban J connectivity index is 1.51. The predicted molar refractivity (Wildman–Crippen MR) is 112 cm³/mol. The molecule has 0 unspecified atom stereocenters. The summed E-state index contributed by atoms with van der Waals surface area (Å²) < 4.78 is 0. The summed E-state index contributed by atoms with van der Waals surface area (Å²) in [6.07, 6.45) is 0.977. The van der Waals surface area contributed by atoms with Gasteiger partial charge in [-0.15, -0.1) is 22.7 Å². The van der Waals surface area contributed by atoms with E-state index in [1.165, 1.54) is 9.75 Å². The lowest BCUT2D eigenvalue weighted by molar-refractivity contribution is 0.173. The summed E-state index contributed by atoms with van der Waals surface area (Å²) in [6.45, 7) is 13.4. The van der Waals surface area contributed by atoms with E-state index < -0.39 is 0 Å². The van der Waals surface area contributed by atoms with E-state index in [0.29, 0.717) is 0 Å². The van der Waals surface area contributed by atoms with Gasteiger partial charge in [0.25, 0.3) is 0 Å². The monoisotopic (exact) mass is 391 g/mol. The quantitative estimate of drug-likeness (QED) is 0.607. The number of nitrogens with one attached hydrogen (secondary N) is 1. The van der Waals surface area contributed by atoms with Crippen LogP contribution >= 0.6 is 22.7 Å². The second-order valence-electron chi connectivity index (χ2n) is 6.57. The molecule has 142 valence electrons. The normalized spacial score (nSPS) is 16.3. The second-order valence-corrected chi connectivity index (χ2v) is 8.89. The lowest BCUT2D eigenvalue weighted by Gasteiger charge is -2.36. The molecule has 0 amide bonds. The van der Waals surface area contributed by atoms with Gasteiger partial charge in [0.15, 0.2) is 5.96 Å². The highest BCUT2D eigenvalue weighted by molar-refractivity contribution is 7.11. The Hall–Kier alpha value is -1.44. The highest BCUT2D eigenvalue weighted by Gasteiger charge is 2.19. The average molecular weight is 392 g/mol. The fourth-order valence-electron chi connectivity index (χ4n) is 3.24. The molecule has 7 heteroatoms. The first-order valence-electron chi connectivity index (χ1n) is 9.36. The second kappa shape index (κ2) is 9.48. The molecule has 0 saturated carbocycles. The van der Waals surface area contributed by atoms with Crippen LogP contribution in [0.4, 0.5) is 0 Å². The van der Waals surface area contributed by atoms with E-state index in [1.54, 1.807) is 11.3 Å². The number of hydrogen-bond donors (Lipinski definition) is 1. The van der Waals surface area contributed by atoms with Crippen LogP contribution in [-0.4, -0.2) is 60.0 Å². The molecule has 2 aromatic heterocycles. The zero-order chi connectivity index (χ0) is 18.4. The molecule has 1 fully saturated rings. The maximum absolute atomic E-state index is 4.88. The van der Waals surface area contributed by atoms with Crippen molar-refractivity contribution in [2.45, 2.75) is 33.7 Å². The van der Waals surface area contributed by atoms with Gasteiger partial charge in [-0.3, -0.25) is 9.89 Å². The maximum Gasteiger partial charge on any atom is 0.194 e. The molecule has 1 N–H and O–H groups in total. The van der Waals surface area contributed by atoms with Crippen molar-refractivity contribution in [1.82, 2.24) is 20.1 Å². The van der Waals surface area contributed by atoms with Crippen LogP contribution in [0.5, 0.6) is 0 Å². The van der Waals surface area contributed by atoms with Crippen molar-refractivity contribution in [3.05, 3.63) is 38.0 Å². The maximum atomic E-state index is 4.88. The largest absolute Gasteiger partial charge is 0.357 e. The van der Waals surface area contributed by atoms with Crippen molar-refractivity contribution in [3.8, 4) is 0 Å².